The van der Waals surface area contributed by atoms with Crippen molar-refractivity contribution in [3.8, 4) is 0 Å². The summed E-state index contributed by atoms with van der Waals surface area (Å²) < 4.78 is 4.66. The lowest BCUT2D eigenvalue weighted by atomic mass is 10.2. The van der Waals surface area contributed by atoms with Gasteiger partial charge in [0.2, 0.25) is 0 Å². The molecule has 0 aliphatic heterocycles. The molecular weight excluding hydrogens is 152 g/mol. The van der Waals surface area contributed by atoms with E-state index in [9.17, 15) is 9.59 Å². The highest BCUT2D eigenvalue weighted by atomic mass is 16.5. The molecule has 0 aliphatic rings. The predicted molar refractivity (Wildman–Crippen MR) is 35.3 cm³/mol. The summed E-state index contributed by atoms with van der Waals surface area (Å²) in [6.45, 7) is 1.71. The summed E-state index contributed by atoms with van der Waals surface area (Å²) in [5.41, 5.74) is 0. The van der Waals surface area contributed by atoms with E-state index in [0.717, 1.165) is 0 Å². The third-order valence-electron chi connectivity index (χ3n) is 1.08. The Balaban J connectivity index is 3.90. The minimum atomic E-state index is -1.45. The van der Waals surface area contributed by atoms with Crippen molar-refractivity contribution in [3.63, 3.8) is 0 Å². The molecule has 0 bridgehead atoms. The van der Waals surface area contributed by atoms with Crippen LogP contribution in [0.4, 0.5) is 0 Å². The molecule has 0 atom stereocenters. The maximum absolute atomic E-state index is 10.2. The maximum atomic E-state index is 10.2. The van der Waals surface area contributed by atoms with Crippen LogP contribution in [0.15, 0.2) is 0 Å². The van der Waals surface area contributed by atoms with Crippen LogP contribution in [0.1, 0.15) is 6.92 Å². The van der Waals surface area contributed by atoms with Crippen LogP contribution in [0.2, 0.25) is 0 Å². The highest BCUT2D eigenvalue weighted by Gasteiger charge is 2.25. The number of carbonyl (C=O) groups is 2. The predicted octanol–water partition coefficient (Wildman–Crippen LogP) is -0.192. The number of hydrogen-bond donors (Lipinski definition) is 2. The number of rotatable bonds is 5. The van der Waals surface area contributed by atoms with Gasteiger partial charge in [0, 0.05) is 6.61 Å². The average Bonchev–Trinajstić information content (AvgIpc) is 1.87. The van der Waals surface area contributed by atoms with Crippen LogP contribution in [-0.2, 0) is 14.3 Å². The Morgan fingerprint density at radius 3 is 2.09 bits per heavy atom. The minimum absolute atomic E-state index is 0.277. The smallest absolute Gasteiger partial charge is 0.320 e. The second-order valence-electron chi connectivity index (χ2n) is 1.89. The highest BCUT2D eigenvalue weighted by Crippen LogP contribution is 1.97. The molecule has 0 spiro atoms. The summed E-state index contributed by atoms with van der Waals surface area (Å²) in [7, 11) is 0. The largest absolute Gasteiger partial charge is 0.481 e. The summed E-state index contributed by atoms with van der Waals surface area (Å²) in [4.78, 5) is 20.4. The molecule has 11 heavy (non-hydrogen) atoms. The van der Waals surface area contributed by atoms with Gasteiger partial charge in [0.1, 0.15) is 0 Å². The molecule has 2 N–H and O–H groups in total. The van der Waals surface area contributed by atoms with Crippen molar-refractivity contribution in [2.45, 2.75) is 6.92 Å². The molecule has 0 heterocycles. The van der Waals surface area contributed by atoms with E-state index in [-0.39, 0.29) is 6.61 Å². The van der Waals surface area contributed by atoms with Crippen molar-refractivity contribution in [1.82, 2.24) is 0 Å². The number of hydrogen-bond acceptors (Lipinski definition) is 3. The Morgan fingerprint density at radius 2 is 1.82 bits per heavy atom. The Bertz CT molecular complexity index is 139. The Labute approximate surface area is 63.6 Å². The third kappa shape index (κ3) is 3.57. The molecular formula is C6H10O5. The lowest BCUT2D eigenvalue weighted by molar-refractivity contribution is -0.157. The molecule has 0 aliphatic carbocycles. The second-order valence-corrected chi connectivity index (χ2v) is 1.89. The van der Waals surface area contributed by atoms with E-state index in [0.29, 0.717) is 6.61 Å². The molecule has 0 aromatic carbocycles. The van der Waals surface area contributed by atoms with Gasteiger partial charge in [-0.3, -0.25) is 9.59 Å². The van der Waals surface area contributed by atoms with Gasteiger partial charge in [-0.05, 0) is 6.92 Å². The van der Waals surface area contributed by atoms with Crippen LogP contribution in [0.5, 0.6) is 0 Å². The van der Waals surface area contributed by atoms with Crippen LogP contribution in [-0.4, -0.2) is 35.4 Å². The van der Waals surface area contributed by atoms with Crippen LogP contribution < -0.4 is 0 Å². The van der Waals surface area contributed by atoms with E-state index < -0.39 is 17.9 Å². The van der Waals surface area contributed by atoms with Gasteiger partial charge in [-0.1, -0.05) is 0 Å². The van der Waals surface area contributed by atoms with Crippen LogP contribution in [0.3, 0.4) is 0 Å². The normalized spacial score (nSPS) is 10.0. The van der Waals surface area contributed by atoms with Crippen molar-refractivity contribution in [1.29, 1.82) is 0 Å². The summed E-state index contributed by atoms with van der Waals surface area (Å²) >= 11 is 0. The summed E-state index contributed by atoms with van der Waals surface area (Å²) in [5.74, 6) is -4.19. The lowest BCUT2D eigenvalue weighted by Gasteiger charge is -2.05. The van der Waals surface area contributed by atoms with Crippen molar-refractivity contribution in [3.05, 3.63) is 0 Å². The number of aliphatic carboxylic acids is 2. The lowest BCUT2D eigenvalue weighted by Crippen LogP contribution is -2.28. The Hall–Kier alpha value is -1.10. The van der Waals surface area contributed by atoms with E-state index in [2.05, 4.69) is 4.74 Å². The molecule has 0 rings (SSSR count). The molecule has 0 saturated carbocycles. The van der Waals surface area contributed by atoms with Crippen molar-refractivity contribution in [2.24, 2.45) is 5.92 Å². The second kappa shape index (κ2) is 4.68. The number of carboxylic acids is 2. The summed E-state index contributed by atoms with van der Waals surface area (Å²) in [5, 5.41) is 16.6. The molecule has 5 heteroatoms. The first-order valence-corrected chi connectivity index (χ1v) is 3.13. The van der Waals surface area contributed by atoms with Gasteiger partial charge in [-0.15, -0.1) is 0 Å². The maximum Gasteiger partial charge on any atom is 0.320 e. The van der Waals surface area contributed by atoms with E-state index in [4.69, 9.17) is 10.2 Å². The van der Waals surface area contributed by atoms with Crippen LogP contribution in [0.25, 0.3) is 0 Å². The molecule has 0 aromatic rings. The topological polar surface area (TPSA) is 83.8 Å². The van der Waals surface area contributed by atoms with Crippen LogP contribution >= 0.6 is 0 Å². The van der Waals surface area contributed by atoms with Crippen LogP contribution in [0, 0.1) is 5.92 Å². The summed E-state index contributed by atoms with van der Waals surface area (Å²) in [6.07, 6.45) is 0. The highest BCUT2D eigenvalue weighted by molar-refractivity contribution is 5.92. The Morgan fingerprint density at radius 1 is 1.36 bits per heavy atom. The van der Waals surface area contributed by atoms with Gasteiger partial charge in [0.25, 0.3) is 0 Å². The molecule has 64 valence electrons. The van der Waals surface area contributed by atoms with Gasteiger partial charge in [-0.2, -0.15) is 0 Å². The fourth-order valence-corrected chi connectivity index (χ4v) is 0.484. The van der Waals surface area contributed by atoms with E-state index >= 15 is 0 Å². The standard InChI is InChI=1S/C6H10O5/c1-2-11-3-4(5(7)8)6(9)10/h4H,2-3H2,1H3,(H,7,8)(H,9,10). The SMILES string of the molecule is CCOCC(C(=O)O)C(=O)O. The first kappa shape index (κ1) is 9.90. The van der Waals surface area contributed by atoms with Gasteiger partial charge in [-0.25, -0.2) is 0 Å². The summed E-state index contributed by atoms with van der Waals surface area (Å²) in [6, 6.07) is 0. The molecule has 0 aromatic heterocycles. The van der Waals surface area contributed by atoms with E-state index in [1.54, 1.807) is 6.92 Å². The van der Waals surface area contributed by atoms with Gasteiger partial charge < -0.3 is 14.9 Å². The molecule has 0 saturated heterocycles. The van der Waals surface area contributed by atoms with Crippen molar-refractivity contribution >= 4 is 11.9 Å². The Kier molecular flexibility index (Phi) is 4.21. The van der Waals surface area contributed by atoms with Crippen molar-refractivity contribution < 1.29 is 24.5 Å². The minimum Gasteiger partial charge on any atom is -0.481 e. The number of carboxylic acid groups (broad SMARTS) is 2. The average molecular weight is 162 g/mol. The zero-order valence-electron chi connectivity index (χ0n) is 6.11. The monoisotopic (exact) mass is 162 g/mol. The zero-order chi connectivity index (χ0) is 8.85. The van der Waals surface area contributed by atoms with Gasteiger partial charge in [0.15, 0.2) is 5.92 Å². The van der Waals surface area contributed by atoms with Gasteiger partial charge >= 0.3 is 11.9 Å². The van der Waals surface area contributed by atoms with E-state index in [1.165, 1.54) is 0 Å². The fraction of sp³-hybridized carbons (Fsp3) is 0.667. The molecule has 0 amide bonds. The fourth-order valence-electron chi connectivity index (χ4n) is 0.484. The zero-order valence-corrected chi connectivity index (χ0v) is 6.11. The number of ether oxygens (including phenoxy) is 1. The third-order valence-corrected chi connectivity index (χ3v) is 1.08. The first-order chi connectivity index (χ1) is 5.09. The molecule has 0 fully saturated rings. The quantitative estimate of drug-likeness (QED) is 0.547. The van der Waals surface area contributed by atoms with Gasteiger partial charge in [0.05, 0.1) is 6.61 Å². The molecule has 5 nitrogen and oxygen atoms in total. The van der Waals surface area contributed by atoms with Crippen molar-refractivity contribution in [2.75, 3.05) is 13.2 Å². The molecule has 0 unspecified atom stereocenters. The molecule has 0 radical (unpaired) electrons. The van der Waals surface area contributed by atoms with E-state index in [1.807, 2.05) is 0 Å². The first-order valence-electron chi connectivity index (χ1n) is 3.13.